The van der Waals surface area contributed by atoms with Gasteiger partial charge in [0.1, 0.15) is 5.82 Å². The SMILES string of the molecule is Cc1ccc(C(=O)NCCN2C(=O)S/C(=C\c3ccc(F)cc3)C2=O)cc1C. The molecule has 0 atom stereocenters. The van der Waals surface area contributed by atoms with Gasteiger partial charge in [0.2, 0.25) is 0 Å². The van der Waals surface area contributed by atoms with E-state index in [0.29, 0.717) is 11.1 Å². The lowest BCUT2D eigenvalue weighted by Gasteiger charge is -2.13. The van der Waals surface area contributed by atoms with E-state index in [1.165, 1.54) is 24.3 Å². The number of rotatable bonds is 5. The fourth-order valence-corrected chi connectivity index (χ4v) is 3.53. The average Bonchev–Trinajstić information content (AvgIpc) is 2.93. The van der Waals surface area contributed by atoms with Crippen LogP contribution in [0.5, 0.6) is 0 Å². The zero-order chi connectivity index (χ0) is 20.3. The Kier molecular flexibility index (Phi) is 5.94. The van der Waals surface area contributed by atoms with Crippen molar-refractivity contribution in [1.29, 1.82) is 0 Å². The van der Waals surface area contributed by atoms with E-state index in [9.17, 15) is 18.8 Å². The van der Waals surface area contributed by atoms with Gasteiger partial charge in [0.05, 0.1) is 4.91 Å². The van der Waals surface area contributed by atoms with Crippen LogP contribution in [0.15, 0.2) is 47.4 Å². The molecule has 0 unspecified atom stereocenters. The third-order valence-electron chi connectivity index (χ3n) is 4.43. The summed E-state index contributed by atoms with van der Waals surface area (Å²) in [5.41, 5.74) is 3.29. The third kappa shape index (κ3) is 4.48. The summed E-state index contributed by atoms with van der Waals surface area (Å²) in [6.45, 7) is 4.14. The normalized spacial score (nSPS) is 15.4. The predicted molar refractivity (Wildman–Crippen MR) is 107 cm³/mol. The van der Waals surface area contributed by atoms with Crippen molar-refractivity contribution in [3.05, 3.63) is 75.4 Å². The minimum atomic E-state index is -0.417. The molecule has 0 radical (unpaired) electrons. The van der Waals surface area contributed by atoms with Crippen molar-refractivity contribution in [3.8, 4) is 0 Å². The molecule has 1 fully saturated rings. The Bertz CT molecular complexity index is 970. The summed E-state index contributed by atoms with van der Waals surface area (Å²) >= 11 is 0.832. The van der Waals surface area contributed by atoms with Gasteiger partial charge in [-0.25, -0.2) is 4.39 Å². The lowest BCUT2D eigenvalue weighted by atomic mass is 10.1. The zero-order valence-corrected chi connectivity index (χ0v) is 16.3. The van der Waals surface area contributed by atoms with Gasteiger partial charge in [0, 0.05) is 18.7 Å². The van der Waals surface area contributed by atoms with Gasteiger partial charge in [-0.05, 0) is 72.6 Å². The molecule has 0 aromatic heterocycles. The van der Waals surface area contributed by atoms with Crippen LogP contribution < -0.4 is 5.32 Å². The Labute approximate surface area is 166 Å². The third-order valence-corrected chi connectivity index (χ3v) is 5.34. The summed E-state index contributed by atoms with van der Waals surface area (Å²) in [7, 11) is 0. The van der Waals surface area contributed by atoms with Gasteiger partial charge in [-0.3, -0.25) is 19.3 Å². The highest BCUT2D eigenvalue weighted by molar-refractivity contribution is 8.18. The van der Waals surface area contributed by atoms with Crippen LogP contribution in [-0.2, 0) is 4.79 Å². The summed E-state index contributed by atoms with van der Waals surface area (Å²) in [5.74, 6) is -1.04. The summed E-state index contributed by atoms with van der Waals surface area (Å²) in [4.78, 5) is 38.2. The largest absolute Gasteiger partial charge is 0.350 e. The molecule has 5 nitrogen and oxygen atoms in total. The number of hydrogen-bond acceptors (Lipinski definition) is 4. The number of thioether (sulfide) groups is 1. The Morgan fingerprint density at radius 2 is 1.82 bits per heavy atom. The van der Waals surface area contributed by atoms with Gasteiger partial charge in [-0.15, -0.1) is 0 Å². The minimum Gasteiger partial charge on any atom is -0.350 e. The zero-order valence-electron chi connectivity index (χ0n) is 15.5. The van der Waals surface area contributed by atoms with Crippen molar-refractivity contribution in [2.75, 3.05) is 13.1 Å². The number of halogens is 1. The first kappa shape index (κ1) is 19.8. The van der Waals surface area contributed by atoms with Crippen molar-refractivity contribution >= 4 is 34.9 Å². The van der Waals surface area contributed by atoms with E-state index in [2.05, 4.69) is 5.32 Å². The maximum atomic E-state index is 13.0. The van der Waals surface area contributed by atoms with Gasteiger partial charge in [-0.1, -0.05) is 18.2 Å². The number of benzene rings is 2. The molecule has 1 aliphatic rings. The number of hydrogen-bond donors (Lipinski definition) is 1. The summed E-state index contributed by atoms with van der Waals surface area (Å²) in [6.07, 6.45) is 1.55. The second-order valence-corrected chi connectivity index (χ2v) is 7.43. The number of carbonyl (C=O) groups is 3. The molecular weight excluding hydrogens is 379 g/mol. The van der Waals surface area contributed by atoms with Crippen LogP contribution in [0.3, 0.4) is 0 Å². The molecule has 0 spiro atoms. The van der Waals surface area contributed by atoms with Crippen molar-refractivity contribution in [1.82, 2.24) is 10.2 Å². The van der Waals surface area contributed by atoms with Crippen LogP contribution >= 0.6 is 11.8 Å². The molecule has 1 heterocycles. The summed E-state index contributed by atoms with van der Waals surface area (Å²) in [5, 5.41) is 2.34. The van der Waals surface area contributed by atoms with E-state index < -0.39 is 11.1 Å². The molecule has 28 heavy (non-hydrogen) atoms. The maximum absolute atomic E-state index is 13.0. The fourth-order valence-electron chi connectivity index (χ4n) is 2.67. The lowest BCUT2D eigenvalue weighted by Crippen LogP contribution is -2.37. The molecule has 3 amide bonds. The standard InChI is InChI=1S/C21H19FN2O3S/c1-13-3-6-16(11-14(13)2)19(25)23-9-10-24-20(26)18(28-21(24)27)12-15-4-7-17(22)8-5-15/h3-8,11-12H,9-10H2,1-2H3,(H,23,25)/b18-12-. The predicted octanol–water partition coefficient (Wildman–Crippen LogP) is 3.91. The molecule has 0 bridgehead atoms. The van der Waals surface area contributed by atoms with Crippen molar-refractivity contribution in [2.45, 2.75) is 13.8 Å². The van der Waals surface area contributed by atoms with Gasteiger partial charge in [0.15, 0.2) is 0 Å². The average molecular weight is 398 g/mol. The van der Waals surface area contributed by atoms with Crippen molar-refractivity contribution in [3.63, 3.8) is 0 Å². The minimum absolute atomic E-state index is 0.0853. The van der Waals surface area contributed by atoms with E-state index in [-0.39, 0.29) is 29.7 Å². The summed E-state index contributed by atoms with van der Waals surface area (Å²) < 4.78 is 13.0. The molecule has 1 aliphatic heterocycles. The molecule has 0 saturated carbocycles. The number of nitrogens with one attached hydrogen (secondary N) is 1. The molecule has 3 rings (SSSR count). The quantitative estimate of drug-likeness (QED) is 0.776. The Morgan fingerprint density at radius 3 is 2.50 bits per heavy atom. The second kappa shape index (κ2) is 8.39. The van der Waals surface area contributed by atoms with Crippen LogP contribution in [0.1, 0.15) is 27.0 Å². The number of aryl methyl sites for hydroxylation is 2. The van der Waals surface area contributed by atoms with Gasteiger partial charge < -0.3 is 5.32 Å². The molecule has 0 aliphatic carbocycles. The first-order chi connectivity index (χ1) is 13.3. The van der Waals surface area contributed by atoms with E-state index in [1.807, 2.05) is 19.9 Å². The monoisotopic (exact) mass is 398 g/mol. The first-order valence-electron chi connectivity index (χ1n) is 8.71. The molecule has 144 valence electrons. The number of amides is 3. The highest BCUT2D eigenvalue weighted by Crippen LogP contribution is 2.31. The molecule has 1 saturated heterocycles. The molecular formula is C21H19FN2O3S. The Balaban J connectivity index is 1.59. The van der Waals surface area contributed by atoms with Crippen LogP contribution in [0, 0.1) is 19.7 Å². The van der Waals surface area contributed by atoms with Crippen LogP contribution in [0.4, 0.5) is 9.18 Å². The summed E-state index contributed by atoms with van der Waals surface area (Å²) in [6, 6.07) is 11.1. The van der Waals surface area contributed by atoms with Gasteiger partial charge >= 0.3 is 0 Å². The highest BCUT2D eigenvalue weighted by Gasteiger charge is 2.34. The lowest BCUT2D eigenvalue weighted by molar-refractivity contribution is -0.122. The maximum Gasteiger partial charge on any atom is 0.293 e. The van der Waals surface area contributed by atoms with Crippen LogP contribution in [0.25, 0.3) is 6.08 Å². The fraction of sp³-hybridized carbons (Fsp3) is 0.190. The molecule has 1 N–H and O–H groups in total. The van der Waals surface area contributed by atoms with Gasteiger partial charge in [0.25, 0.3) is 17.1 Å². The second-order valence-electron chi connectivity index (χ2n) is 6.44. The van der Waals surface area contributed by atoms with Crippen molar-refractivity contribution in [2.24, 2.45) is 0 Å². The number of carbonyl (C=O) groups excluding carboxylic acids is 3. The smallest absolute Gasteiger partial charge is 0.293 e. The van der Waals surface area contributed by atoms with Crippen molar-refractivity contribution < 1.29 is 18.8 Å². The van der Waals surface area contributed by atoms with E-state index in [0.717, 1.165) is 27.8 Å². The van der Waals surface area contributed by atoms with Crippen LogP contribution in [0.2, 0.25) is 0 Å². The molecule has 2 aromatic rings. The van der Waals surface area contributed by atoms with E-state index >= 15 is 0 Å². The van der Waals surface area contributed by atoms with E-state index in [4.69, 9.17) is 0 Å². The molecule has 2 aromatic carbocycles. The Morgan fingerprint density at radius 1 is 1.11 bits per heavy atom. The number of imide groups is 1. The highest BCUT2D eigenvalue weighted by atomic mass is 32.2. The topological polar surface area (TPSA) is 66.5 Å². The van der Waals surface area contributed by atoms with E-state index in [1.54, 1.807) is 18.2 Å². The van der Waals surface area contributed by atoms with Crippen LogP contribution in [-0.4, -0.2) is 35.0 Å². The van der Waals surface area contributed by atoms with Gasteiger partial charge in [-0.2, -0.15) is 0 Å². The molecule has 7 heteroatoms. The first-order valence-corrected chi connectivity index (χ1v) is 9.53. The Hall–Kier alpha value is -2.93. The number of nitrogens with zero attached hydrogens (tertiary/aromatic N) is 1.